The number of morpholine rings is 1. The topological polar surface area (TPSA) is 86.8 Å². The van der Waals surface area contributed by atoms with Crippen molar-refractivity contribution >= 4 is 33.7 Å². The monoisotopic (exact) mass is 554 g/mol. The molecular weight excluding hydrogens is 516 g/mol. The van der Waals surface area contributed by atoms with Gasteiger partial charge in [0.1, 0.15) is 11.4 Å². The molecule has 0 aliphatic carbocycles. The zero-order chi connectivity index (χ0) is 28.1. The average Bonchev–Trinajstić information content (AvgIpc) is 3.54. The first-order valence-electron chi connectivity index (χ1n) is 14.8. The van der Waals surface area contributed by atoms with Crippen LogP contribution in [0.3, 0.4) is 0 Å². The van der Waals surface area contributed by atoms with Crippen molar-refractivity contribution in [3.8, 4) is 11.4 Å². The molecule has 41 heavy (non-hydrogen) atoms. The van der Waals surface area contributed by atoms with Gasteiger partial charge in [0, 0.05) is 72.9 Å². The normalized spacial score (nSPS) is 21.6. The number of likely N-dealkylation sites (tertiary alicyclic amines) is 1. The lowest BCUT2D eigenvalue weighted by Crippen LogP contribution is -2.56. The summed E-state index contributed by atoms with van der Waals surface area (Å²) in [6.45, 7) is 11.3. The number of rotatable bonds is 4. The van der Waals surface area contributed by atoms with E-state index in [2.05, 4.69) is 57.2 Å². The number of fused-ring (bicyclic) bond motifs is 4. The van der Waals surface area contributed by atoms with Crippen LogP contribution in [0.15, 0.2) is 48.7 Å². The van der Waals surface area contributed by atoms with Gasteiger partial charge in [-0.15, -0.1) is 0 Å². The number of nitrogens with one attached hydrogen (secondary N) is 1. The summed E-state index contributed by atoms with van der Waals surface area (Å²) in [6, 6.07) is 15.3. The summed E-state index contributed by atoms with van der Waals surface area (Å²) in [5.74, 6) is 1.71. The molecule has 2 aromatic heterocycles. The second-order valence-corrected chi connectivity index (χ2v) is 12.5. The second-order valence-electron chi connectivity index (χ2n) is 12.5. The van der Waals surface area contributed by atoms with Crippen LogP contribution in [0.5, 0.6) is 0 Å². The van der Waals surface area contributed by atoms with Gasteiger partial charge in [-0.25, -0.2) is 14.8 Å². The van der Waals surface area contributed by atoms with Crippen molar-refractivity contribution in [2.45, 2.75) is 57.8 Å². The Morgan fingerprint density at radius 3 is 2.56 bits per heavy atom. The van der Waals surface area contributed by atoms with Gasteiger partial charge in [-0.1, -0.05) is 18.2 Å². The highest BCUT2D eigenvalue weighted by atomic mass is 16.6. The Morgan fingerprint density at radius 1 is 1.02 bits per heavy atom. The van der Waals surface area contributed by atoms with Gasteiger partial charge in [-0.2, -0.15) is 0 Å². The predicted molar refractivity (Wildman–Crippen MR) is 160 cm³/mol. The molecule has 5 heterocycles. The maximum atomic E-state index is 12.9. The number of benzene rings is 2. The van der Waals surface area contributed by atoms with Crippen LogP contribution in [0.25, 0.3) is 33.2 Å². The molecular formula is C32H38N6O3. The zero-order valence-electron chi connectivity index (χ0n) is 24.1. The van der Waals surface area contributed by atoms with Crippen molar-refractivity contribution in [3.63, 3.8) is 0 Å². The third-order valence-electron chi connectivity index (χ3n) is 8.45. The molecule has 3 saturated heterocycles. The smallest absolute Gasteiger partial charge is 0.410 e. The molecule has 2 unspecified atom stereocenters. The van der Waals surface area contributed by atoms with E-state index in [-0.39, 0.29) is 18.2 Å². The molecule has 1 amide bonds. The largest absolute Gasteiger partial charge is 0.444 e. The number of hydrogen-bond acceptors (Lipinski definition) is 7. The fraction of sp³-hybridized carbons (Fsp3) is 0.469. The van der Waals surface area contributed by atoms with E-state index < -0.39 is 5.60 Å². The first-order valence-corrected chi connectivity index (χ1v) is 14.8. The van der Waals surface area contributed by atoms with Crippen molar-refractivity contribution in [3.05, 3.63) is 54.2 Å². The molecule has 3 fully saturated rings. The lowest BCUT2D eigenvalue weighted by molar-refractivity contribution is -0.00541. The highest BCUT2D eigenvalue weighted by Crippen LogP contribution is 2.35. The number of hydrogen-bond donors (Lipinski definition) is 1. The van der Waals surface area contributed by atoms with Gasteiger partial charge in [-0.3, -0.25) is 9.80 Å². The Hall–Kier alpha value is -3.69. The van der Waals surface area contributed by atoms with Crippen molar-refractivity contribution in [2.75, 3.05) is 44.3 Å². The van der Waals surface area contributed by atoms with E-state index in [1.165, 1.54) is 5.56 Å². The number of carbonyl (C=O) groups excluding carboxylic acids is 1. The fourth-order valence-corrected chi connectivity index (χ4v) is 6.67. The minimum Gasteiger partial charge on any atom is -0.444 e. The molecule has 9 nitrogen and oxygen atoms in total. The predicted octanol–water partition coefficient (Wildman–Crippen LogP) is 5.20. The van der Waals surface area contributed by atoms with E-state index in [1.807, 2.05) is 31.9 Å². The van der Waals surface area contributed by atoms with Crippen molar-refractivity contribution in [2.24, 2.45) is 0 Å². The van der Waals surface area contributed by atoms with Crippen molar-refractivity contribution < 1.29 is 14.3 Å². The van der Waals surface area contributed by atoms with E-state index in [1.54, 1.807) is 0 Å². The van der Waals surface area contributed by atoms with Crippen molar-refractivity contribution in [1.29, 1.82) is 0 Å². The Kier molecular flexibility index (Phi) is 6.59. The highest BCUT2D eigenvalue weighted by molar-refractivity contribution is 5.97. The van der Waals surface area contributed by atoms with Gasteiger partial charge in [0.2, 0.25) is 0 Å². The van der Waals surface area contributed by atoms with Gasteiger partial charge in [-0.05, 0) is 63.4 Å². The molecule has 1 N–H and O–H groups in total. The lowest BCUT2D eigenvalue weighted by Gasteiger charge is -2.41. The van der Waals surface area contributed by atoms with Crippen LogP contribution in [0.4, 0.5) is 10.6 Å². The molecule has 9 heteroatoms. The number of ether oxygens (including phenoxy) is 2. The molecule has 214 valence electrons. The van der Waals surface area contributed by atoms with Crippen LogP contribution in [0, 0.1) is 0 Å². The average molecular weight is 555 g/mol. The molecule has 3 aliphatic heterocycles. The number of aromatic amines is 1. The van der Waals surface area contributed by atoms with Crippen LogP contribution in [0.2, 0.25) is 0 Å². The third-order valence-corrected chi connectivity index (χ3v) is 8.45. The fourth-order valence-electron chi connectivity index (χ4n) is 6.67. The van der Waals surface area contributed by atoms with Gasteiger partial charge < -0.3 is 19.4 Å². The molecule has 0 spiro atoms. The van der Waals surface area contributed by atoms with E-state index in [0.717, 1.165) is 84.6 Å². The summed E-state index contributed by atoms with van der Waals surface area (Å²) < 4.78 is 11.4. The van der Waals surface area contributed by atoms with Crippen LogP contribution in [0.1, 0.15) is 39.2 Å². The Balaban J connectivity index is 1.18. The first-order chi connectivity index (χ1) is 19.8. The maximum Gasteiger partial charge on any atom is 0.410 e. The summed E-state index contributed by atoms with van der Waals surface area (Å²) in [5.41, 5.74) is 3.81. The number of amides is 1. The number of anilines is 1. The number of H-pyrrole nitrogens is 1. The summed E-state index contributed by atoms with van der Waals surface area (Å²) >= 11 is 0. The molecule has 7 rings (SSSR count). The quantitative estimate of drug-likeness (QED) is 0.371. The molecule has 3 aliphatic rings. The molecule has 2 aromatic carbocycles. The number of piperazine rings is 1. The molecule has 0 radical (unpaired) electrons. The Morgan fingerprint density at radius 2 is 1.80 bits per heavy atom. The second kappa shape index (κ2) is 10.3. The van der Waals surface area contributed by atoms with E-state index in [4.69, 9.17) is 19.4 Å². The Labute approximate surface area is 240 Å². The lowest BCUT2D eigenvalue weighted by atomic mass is 10.1. The Bertz CT molecular complexity index is 1570. The zero-order valence-corrected chi connectivity index (χ0v) is 24.1. The summed E-state index contributed by atoms with van der Waals surface area (Å²) in [6.07, 6.45) is 3.85. The maximum absolute atomic E-state index is 12.9. The first kappa shape index (κ1) is 26.2. The number of aromatic nitrogens is 3. The molecule has 0 saturated carbocycles. The van der Waals surface area contributed by atoms with Crippen molar-refractivity contribution in [1.82, 2.24) is 24.8 Å². The van der Waals surface area contributed by atoms with Gasteiger partial charge in [0.15, 0.2) is 5.82 Å². The standard InChI is InChI=1S/C32H38N6O3/c1-32(2,3)41-31(39)38-22-8-9-23(38)20-36(19-22)18-21-7-10-28-26(17-21)30(37-13-15-40-16-14-37)35-29(34-28)25-5-4-6-27-24(25)11-12-33-27/h4-7,10-12,17,22-23,33H,8-9,13-16,18-20H2,1-3H3. The third kappa shape index (κ3) is 5.13. The minimum atomic E-state index is -0.479. The number of carbonyl (C=O) groups is 1. The minimum absolute atomic E-state index is 0.172. The van der Waals surface area contributed by atoms with E-state index in [9.17, 15) is 4.79 Å². The van der Waals surface area contributed by atoms with Crippen LogP contribution in [-0.2, 0) is 16.0 Å². The number of nitrogens with zero attached hydrogens (tertiary/aromatic N) is 5. The van der Waals surface area contributed by atoms with E-state index in [0.29, 0.717) is 13.2 Å². The molecule has 2 bridgehead atoms. The van der Waals surface area contributed by atoms with E-state index >= 15 is 0 Å². The van der Waals surface area contributed by atoms with Crippen LogP contribution in [-0.4, -0.2) is 87.9 Å². The van der Waals surface area contributed by atoms with Crippen LogP contribution < -0.4 is 4.90 Å². The molecule has 4 aromatic rings. The summed E-state index contributed by atoms with van der Waals surface area (Å²) in [4.78, 5) is 33.3. The van der Waals surface area contributed by atoms with Gasteiger partial charge >= 0.3 is 6.09 Å². The van der Waals surface area contributed by atoms with Gasteiger partial charge in [0.05, 0.1) is 18.7 Å². The van der Waals surface area contributed by atoms with Gasteiger partial charge in [0.25, 0.3) is 0 Å². The SMILES string of the molecule is CC(C)(C)OC(=O)N1C2CCC1CN(Cc1ccc3nc(-c4cccc5[nH]ccc45)nc(N4CCOCC4)c3c1)C2. The molecule has 2 atom stereocenters. The summed E-state index contributed by atoms with van der Waals surface area (Å²) in [5, 5.41) is 2.20. The van der Waals surface area contributed by atoms with Crippen LogP contribution >= 0.6 is 0 Å². The highest BCUT2D eigenvalue weighted by Gasteiger charge is 2.44. The summed E-state index contributed by atoms with van der Waals surface area (Å²) in [7, 11) is 0.